The lowest BCUT2D eigenvalue weighted by molar-refractivity contribution is 0.171. The van der Waals surface area contributed by atoms with Gasteiger partial charge < -0.3 is 19.5 Å². The van der Waals surface area contributed by atoms with Gasteiger partial charge in [0.05, 0.1) is 25.8 Å². The second kappa shape index (κ2) is 5.99. The fraction of sp³-hybridized carbons (Fsp3) is 0.571. The summed E-state index contributed by atoms with van der Waals surface area (Å²) in [7, 11) is 3.19. The highest BCUT2D eigenvalue weighted by Crippen LogP contribution is 2.36. The second-order valence-electron chi connectivity index (χ2n) is 5.03. The van der Waals surface area contributed by atoms with Crippen molar-refractivity contribution in [2.24, 2.45) is 0 Å². The lowest BCUT2D eigenvalue weighted by atomic mass is 10.0. The number of rotatable bonds is 5. The number of nitrogens with one attached hydrogen (secondary N) is 1. The Labute approximate surface area is 119 Å². The number of hydrogen-bond acceptors (Lipinski definition) is 4. The third-order valence-corrected chi connectivity index (χ3v) is 3.71. The molecule has 1 atom stereocenters. The molecule has 0 amide bonds. The molecule has 1 N–H and O–H groups in total. The van der Waals surface area contributed by atoms with Gasteiger partial charge in [-0.25, -0.2) is 0 Å². The van der Waals surface area contributed by atoms with Crippen molar-refractivity contribution in [3.8, 4) is 11.5 Å². The van der Waals surface area contributed by atoms with Crippen molar-refractivity contribution in [2.75, 3.05) is 27.4 Å². The molecular weight excluding hydrogens is 266 g/mol. The molecular formula is C14H20ClNO3. The summed E-state index contributed by atoms with van der Waals surface area (Å²) >= 11 is 6.19. The molecule has 1 unspecified atom stereocenters. The van der Waals surface area contributed by atoms with Crippen molar-refractivity contribution in [1.29, 1.82) is 0 Å². The molecule has 0 aliphatic carbocycles. The molecule has 0 saturated carbocycles. The minimum absolute atomic E-state index is 0.0413. The van der Waals surface area contributed by atoms with Crippen LogP contribution in [0.1, 0.15) is 18.9 Å². The van der Waals surface area contributed by atoms with E-state index in [1.165, 1.54) is 0 Å². The summed E-state index contributed by atoms with van der Waals surface area (Å²) in [4.78, 5) is 0. The van der Waals surface area contributed by atoms with Gasteiger partial charge in [0.25, 0.3) is 0 Å². The van der Waals surface area contributed by atoms with E-state index in [1.807, 2.05) is 12.1 Å². The van der Waals surface area contributed by atoms with E-state index in [1.54, 1.807) is 14.2 Å². The number of ether oxygens (including phenoxy) is 3. The molecule has 4 nitrogen and oxygen atoms in total. The lowest BCUT2D eigenvalue weighted by Crippen LogP contribution is -2.42. The highest BCUT2D eigenvalue weighted by Gasteiger charge is 2.28. The van der Waals surface area contributed by atoms with Crippen molar-refractivity contribution in [2.45, 2.75) is 25.4 Å². The maximum atomic E-state index is 6.19. The molecule has 0 spiro atoms. The Hall–Kier alpha value is -0.970. The van der Waals surface area contributed by atoms with E-state index in [0.717, 1.165) is 31.7 Å². The molecule has 0 bridgehead atoms. The van der Waals surface area contributed by atoms with Crippen LogP contribution >= 0.6 is 11.6 Å². The third kappa shape index (κ3) is 3.32. The van der Waals surface area contributed by atoms with Crippen LogP contribution in [0, 0.1) is 0 Å². The molecule has 1 aromatic rings. The fourth-order valence-electron chi connectivity index (χ4n) is 2.20. The molecule has 2 rings (SSSR count). The summed E-state index contributed by atoms with van der Waals surface area (Å²) < 4.78 is 15.9. The van der Waals surface area contributed by atoms with Crippen molar-refractivity contribution < 1.29 is 14.2 Å². The smallest absolute Gasteiger partial charge is 0.179 e. The average Bonchev–Trinajstić information content (AvgIpc) is 2.83. The van der Waals surface area contributed by atoms with Crippen LogP contribution in [0.15, 0.2) is 12.1 Å². The van der Waals surface area contributed by atoms with E-state index >= 15 is 0 Å². The maximum Gasteiger partial charge on any atom is 0.179 e. The zero-order chi connectivity index (χ0) is 13.9. The monoisotopic (exact) mass is 285 g/mol. The molecule has 1 fully saturated rings. The zero-order valence-corrected chi connectivity index (χ0v) is 12.3. The Morgan fingerprint density at radius 1 is 1.37 bits per heavy atom. The number of halogens is 1. The van der Waals surface area contributed by atoms with Gasteiger partial charge in [-0.2, -0.15) is 0 Å². The zero-order valence-electron chi connectivity index (χ0n) is 11.6. The summed E-state index contributed by atoms with van der Waals surface area (Å²) in [6.45, 7) is 4.45. The molecule has 1 saturated heterocycles. The Bertz CT molecular complexity index is 445. The van der Waals surface area contributed by atoms with Crippen LogP contribution in [0.25, 0.3) is 0 Å². The van der Waals surface area contributed by atoms with Crippen LogP contribution in [0.2, 0.25) is 5.02 Å². The predicted molar refractivity (Wildman–Crippen MR) is 75.2 cm³/mol. The maximum absolute atomic E-state index is 6.19. The number of methoxy groups -OCH3 is 2. The van der Waals surface area contributed by atoms with Crippen molar-refractivity contribution in [3.63, 3.8) is 0 Å². The van der Waals surface area contributed by atoms with Crippen LogP contribution in [-0.4, -0.2) is 33.0 Å². The van der Waals surface area contributed by atoms with Crippen molar-refractivity contribution in [3.05, 3.63) is 22.7 Å². The summed E-state index contributed by atoms with van der Waals surface area (Å²) in [5.74, 6) is 1.22. The molecule has 0 radical (unpaired) electrons. The Balaban J connectivity index is 2.10. The van der Waals surface area contributed by atoms with E-state index in [2.05, 4.69) is 12.2 Å². The first-order valence-electron chi connectivity index (χ1n) is 6.31. The van der Waals surface area contributed by atoms with Crippen molar-refractivity contribution >= 4 is 11.6 Å². The SMILES string of the molecule is COc1cc(CNC2(C)CCOC2)cc(Cl)c1OC. The molecule has 19 heavy (non-hydrogen) atoms. The average molecular weight is 286 g/mol. The summed E-state index contributed by atoms with van der Waals surface area (Å²) in [5, 5.41) is 4.07. The quantitative estimate of drug-likeness (QED) is 0.903. The standard InChI is InChI=1S/C14H20ClNO3/c1-14(4-5-19-9-14)16-8-10-6-11(15)13(18-3)12(7-10)17-2/h6-7,16H,4-5,8-9H2,1-3H3. The van der Waals surface area contributed by atoms with Gasteiger partial charge in [0.2, 0.25) is 0 Å². The largest absolute Gasteiger partial charge is 0.493 e. The van der Waals surface area contributed by atoms with Gasteiger partial charge in [0.1, 0.15) is 0 Å². The van der Waals surface area contributed by atoms with Crippen LogP contribution < -0.4 is 14.8 Å². The third-order valence-electron chi connectivity index (χ3n) is 3.43. The molecule has 106 valence electrons. The van der Waals surface area contributed by atoms with Gasteiger partial charge in [-0.3, -0.25) is 0 Å². The van der Waals surface area contributed by atoms with E-state index in [9.17, 15) is 0 Å². The number of hydrogen-bond donors (Lipinski definition) is 1. The van der Waals surface area contributed by atoms with Crippen LogP contribution in [0.3, 0.4) is 0 Å². The van der Waals surface area contributed by atoms with Crippen LogP contribution in [0.4, 0.5) is 0 Å². The second-order valence-corrected chi connectivity index (χ2v) is 5.44. The molecule has 1 aliphatic heterocycles. The highest BCUT2D eigenvalue weighted by atomic mass is 35.5. The predicted octanol–water partition coefficient (Wildman–Crippen LogP) is 2.63. The van der Waals surface area contributed by atoms with Crippen molar-refractivity contribution in [1.82, 2.24) is 5.32 Å². The normalized spacial score (nSPS) is 22.5. The van der Waals surface area contributed by atoms with Gasteiger partial charge in [0, 0.05) is 18.7 Å². The molecule has 5 heteroatoms. The van der Waals surface area contributed by atoms with Crippen LogP contribution in [0.5, 0.6) is 11.5 Å². The van der Waals surface area contributed by atoms with E-state index < -0.39 is 0 Å². The molecule has 0 aromatic heterocycles. The van der Waals surface area contributed by atoms with E-state index in [-0.39, 0.29) is 5.54 Å². The topological polar surface area (TPSA) is 39.7 Å². The van der Waals surface area contributed by atoms with Gasteiger partial charge in [-0.1, -0.05) is 11.6 Å². The lowest BCUT2D eigenvalue weighted by Gasteiger charge is -2.24. The highest BCUT2D eigenvalue weighted by molar-refractivity contribution is 6.32. The molecule has 1 heterocycles. The molecule has 1 aromatic carbocycles. The van der Waals surface area contributed by atoms with E-state index in [4.69, 9.17) is 25.8 Å². The van der Waals surface area contributed by atoms with Gasteiger partial charge >= 0.3 is 0 Å². The van der Waals surface area contributed by atoms with Gasteiger partial charge in [-0.15, -0.1) is 0 Å². The molecule has 1 aliphatic rings. The number of benzene rings is 1. The first-order chi connectivity index (χ1) is 9.08. The Morgan fingerprint density at radius 2 is 2.16 bits per heavy atom. The summed E-state index contributed by atoms with van der Waals surface area (Å²) in [6, 6.07) is 3.84. The first kappa shape index (κ1) is 14.4. The van der Waals surface area contributed by atoms with Gasteiger partial charge in [0.15, 0.2) is 11.5 Å². The minimum atomic E-state index is 0.0413. The fourth-order valence-corrected chi connectivity index (χ4v) is 2.51. The minimum Gasteiger partial charge on any atom is -0.493 e. The Kier molecular flexibility index (Phi) is 4.55. The van der Waals surface area contributed by atoms with Gasteiger partial charge in [-0.05, 0) is 31.0 Å². The first-order valence-corrected chi connectivity index (χ1v) is 6.69. The Morgan fingerprint density at radius 3 is 2.74 bits per heavy atom. The summed E-state index contributed by atoms with van der Waals surface area (Å²) in [6.07, 6.45) is 1.02. The van der Waals surface area contributed by atoms with E-state index in [0.29, 0.717) is 16.5 Å². The summed E-state index contributed by atoms with van der Waals surface area (Å²) in [5.41, 5.74) is 1.11. The van der Waals surface area contributed by atoms with Crippen LogP contribution in [-0.2, 0) is 11.3 Å².